The Balaban J connectivity index is 1.72. The average Bonchev–Trinajstić information content (AvgIpc) is 3.15. The van der Waals surface area contributed by atoms with Gasteiger partial charge in [-0.15, -0.1) is 11.3 Å². The molecule has 0 amide bonds. The van der Waals surface area contributed by atoms with E-state index >= 15 is 0 Å². The molecule has 0 aliphatic rings. The summed E-state index contributed by atoms with van der Waals surface area (Å²) in [6.07, 6.45) is 0. The number of Topliss-reactive ketones (excluding diaryl/α,β-unsaturated/α-hetero) is 1. The lowest BCUT2D eigenvalue weighted by Crippen LogP contribution is -2.28. The van der Waals surface area contributed by atoms with Gasteiger partial charge in [-0.05, 0) is 30.1 Å². The van der Waals surface area contributed by atoms with Crippen LogP contribution in [0.3, 0.4) is 0 Å². The van der Waals surface area contributed by atoms with Gasteiger partial charge in [0.2, 0.25) is 5.78 Å². The van der Waals surface area contributed by atoms with E-state index in [0.29, 0.717) is 12.3 Å². The molecule has 3 rings (SSSR count). The number of furan rings is 1. The van der Waals surface area contributed by atoms with E-state index in [1.54, 1.807) is 11.3 Å². The number of carbonyl (C=O) groups excluding carboxylic acids is 1. The standard InChI is InChI=1S/C17H17NO2S/c1-2-18(11-14-7-5-9-21-14)12-15(19)17-10-13-6-3-4-8-16(13)20-17/h3-10H,2,11-12H2,1H3. The van der Waals surface area contributed by atoms with Crippen molar-refractivity contribution in [2.75, 3.05) is 13.1 Å². The van der Waals surface area contributed by atoms with Crippen LogP contribution in [0.5, 0.6) is 0 Å². The molecule has 108 valence electrons. The third-order valence-corrected chi connectivity index (χ3v) is 4.34. The van der Waals surface area contributed by atoms with Crippen molar-refractivity contribution in [2.24, 2.45) is 0 Å². The molecule has 0 bridgehead atoms. The van der Waals surface area contributed by atoms with Crippen molar-refractivity contribution in [1.82, 2.24) is 4.90 Å². The van der Waals surface area contributed by atoms with E-state index in [9.17, 15) is 4.79 Å². The van der Waals surface area contributed by atoms with Crippen LogP contribution in [0.2, 0.25) is 0 Å². The van der Waals surface area contributed by atoms with Gasteiger partial charge >= 0.3 is 0 Å². The van der Waals surface area contributed by atoms with Crippen molar-refractivity contribution >= 4 is 28.1 Å². The molecule has 21 heavy (non-hydrogen) atoms. The summed E-state index contributed by atoms with van der Waals surface area (Å²) in [6, 6.07) is 13.7. The lowest BCUT2D eigenvalue weighted by atomic mass is 10.2. The fourth-order valence-electron chi connectivity index (χ4n) is 2.30. The predicted octanol–water partition coefficient (Wildman–Crippen LogP) is 4.20. The first kappa shape index (κ1) is 14.0. The highest BCUT2D eigenvalue weighted by atomic mass is 32.1. The van der Waals surface area contributed by atoms with Gasteiger partial charge in [-0.2, -0.15) is 0 Å². The fourth-order valence-corrected chi connectivity index (χ4v) is 3.05. The highest BCUT2D eigenvalue weighted by Gasteiger charge is 2.16. The number of hydrogen-bond acceptors (Lipinski definition) is 4. The first-order valence-electron chi connectivity index (χ1n) is 7.03. The molecule has 1 aromatic carbocycles. The summed E-state index contributed by atoms with van der Waals surface area (Å²) in [4.78, 5) is 15.8. The van der Waals surface area contributed by atoms with Gasteiger partial charge < -0.3 is 4.42 Å². The molecular formula is C17H17NO2S. The van der Waals surface area contributed by atoms with Gasteiger partial charge in [0.15, 0.2) is 5.76 Å². The summed E-state index contributed by atoms with van der Waals surface area (Å²) in [7, 11) is 0. The molecule has 2 aromatic heterocycles. The molecule has 3 nitrogen and oxygen atoms in total. The number of ketones is 1. The van der Waals surface area contributed by atoms with Crippen molar-refractivity contribution in [3.05, 3.63) is 58.5 Å². The summed E-state index contributed by atoms with van der Waals surface area (Å²) in [5.41, 5.74) is 0.766. The highest BCUT2D eigenvalue weighted by molar-refractivity contribution is 7.09. The Hall–Kier alpha value is -1.91. The molecule has 0 saturated carbocycles. The molecule has 2 heterocycles. The van der Waals surface area contributed by atoms with E-state index in [-0.39, 0.29) is 5.78 Å². The summed E-state index contributed by atoms with van der Waals surface area (Å²) in [5, 5.41) is 3.03. The molecule has 0 spiro atoms. The van der Waals surface area contributed by atoms with Crippen LogP contribution in [0.1, 0.15) is 22.4 Å². The van der Waals surface area contributed by atoms with Gasteiger partial charge in [-0.3, -0.25) is 9.69 Å². The molecular weight excluding hydrogens is 282 g/mol. The van der Waals surface area contributed by atoms with E-state index in [1.807, 2.05) is 36.4 Å². The summed E-state index contributed by atoms with van der Waals surface area (Å²) in [6.45, 7) is 4.09. The smallest absolute Gasteiger partial charge is 0.211 e. The minimum Gasteiger partial charge on any atom is -0.453 e. The van der Waals surface area contributed by atoms with Crippen LogP contribution in [-0.4, -0.2) is 23.8 Å². The molecule has 3 aromatic rings. The van der Waals surface area contributed by atoms with Crippen molar-refractivity contribution in [1.29, 1.82) is 0 Å². The SMILES string of the molecule is CCN(CC(=O)c1cc2ccccc2o1)Cc1cccs1. The minimum absolute atomic E-state index is 0.0320. The number of thiophene rings is 1. The molecule has 0 unspecified atom stereocenters. The maximum Gasteiger partial charge on any atom is 0.211 e. The zero-order valence-electron chi connectivity index (χ0n) is 11.9. The Morgan fingerprint density at radius 3 is 2.81 bits per heavy atom. The Kier molecular flexibility index (Phi) is 4.18. The van der Waals surface area contributed by atoms with Crippen LogP contribution >= 0.6 is 11.3 Å². The zero-order valence-corrected chi connectivity index (χ0v) is 12.7. The topological polar surface area (TPSA) is 33.5 Å². The lowest BCUT2D eigenvalue weighted by Gasteiger charge is -2.17. The number of hydrogen-bond donors (Lipinski definition) is 0. The number of nitrogens with zero attached hydrogens (tertiary/aromatic N) is 1. The van der Waals surface area contributed by atoms with Gasteiger partial charge in [-0.25, -0.2) is 0 Å². The van der Waals surface area contributed by atoms with Crippen LogP contribution < -0.4 is 0 Å². The average molecular weight is 299 g/mol. The van der Waals surface area contributed by atoms with Gasteiger partial charge in [0, 0.05) is 16.8 Å². The number of carbonyl (C=O) groups is 1. The second-order valence-electron chi connectivity index (χ2n) is 4.95. The molecule has 0 radical (unpaired) electrons. The third kappa shape index (κ3) is 3.23. The maximum absolute atomic E-state index is 12.4. The van der Waals surface area contributed by atoms with Crippen LogP contribution in [-0.2, 0) is 6.54 Å². The Labute approximate surface area is 127 Å². The number of rotatable bonds is 6. The van der Waals surface area contributed by atoms with Crippen molar-refractivity contribution in [3.8, 4) is 0 Å². The van der Waals surface area contributed by atoms with Crippen LogP contribution in [0, 0.1) is 0 Å². The summed E-state index contributed by atoms with van der Waals surface area (Å²) >= 11 is 1.72. The number of likely N-dealkylation sites (N-methyl/N-ethyl adjacent to an activating group) is 1. The van der Waals surface area contributed by atoms with Gasteiger partial charge in [0.05, 0.1) is 6.54 Å². The van der Waals surface area contributed by atoms with Crippen LogP contribution in [0.15, 0.2) is 52.3 Å². The van der Waals surface area contributed by atoms with E-state index in [0.717, 1.165) is 24.1 Å². The number of benzene rings is 1. The predicted molar refractivity (Wildman–Crippen MR) is 85.8 cm³/mol. The minimum atomic E-state index is 0.0320. The molecule has 4 heteroatoms. The first-order chi connectivity index (χ1) is 10.3. The molecule has 0 aliphatic carbocycles. The largest absolute Gasteiger partial charge is 0.453 e. The first-order valence-corrected chi connectivity index (χ1v) is 7.90. The fraction of sp³-hybridized carbons (Fsp3) is 0.235. The number of fused-ring (bicyclic) bond motifs is 1. The highest BCUT2D eigenvalue weighted by Crippen LogP contribution is 2.20. The number of para-hydroxylation sites is 1. The summed E-state index contributed by atoms with van der Waals surface area (Å²) in [5.74, 6) is 0.477. The normalized spacial score (nSPS) is 11.3. The Bertz CT molecular complexity index is 697. The van der Waals surface area contributed by atoms with E-state index in [4.69, 9.17) is 4.42 Å². The molecule has 0 fully saturated rings. The molecule has 0 saturated heterocycles. The van der Waals surface area contributed by atoms with Gasteiger partial charge in [0.25, 0.3) is 0 Å². The second kappa shape index (κ2) is 6.24. The van der Waals surface area contributed by atoms with Gasteiger partial charge in [0.1, 0.15) is 5.58 Å². The molecule has 0 aliphatic heterocycles. The monoisotopic (exact) mass is 299 g/mol. The maximum atomic E-state index is 12.4. The Morgan fingerprint density at radius 1 is 1.24 bits per heavy atom. The molecule has 0 atom stereocenters. The third-order valence-electron chi connectivity index (χ3n) is 3.47. The van der Waals surface area contributed by atoms with Crippen molar-refractivity contribution in [3.63, 3.8) is 0 Å². The second-order valence-corrected chi connectivity index (χ2v) is 5.99. The van der Waals surface area contributed by atoms with E-state index in [1.165, 1.54) is 4.88 Å². The van der Waals surface area contributed by atoms with Gasteiger partial charge in [-0.1, -0.05) is 31.2 Å². The van der Waals surface area contributed by atoms with E-state index in [2.05, 4.69) is 23.3 Å². The lowest BCUT2D eigenvalue weighted by molar-refractivity contribution is 0.0905. The Morgan fingerprint density at radius 2 is 2.10 bits per heavy atom. The molecule has 0 N–H and O–H groups in total. The summed E-state index contributed by atoms with van der Waals surface area (Å²) < 4.78 is 5.64. The van der Waals surface area contributed by atoms with Crippen molar-refractivity contribution in [2.45, 2.75) is 13.5 Å². The van der Waals surface area contributed by atoms with Crippen molar-refractivity contribution < 1.29 is 9.21 Å². The van der Waals surface area contributed by atoms with E-state index < -0.39 is 0 Å². The van der Waals surface area contributed by atoms with Crippen LogP contribution in [0.25, 0.3) is 11.0 Å². The quantitative estimate of drug-likeness (QED) is 0.640. The van der Waals surface area contributed by atoms with Crippen LogP contribution in [0.4, 0.5) is 0 Å². The zero-order chi connectivity index (χ0) is 14.7.